The maximum atomic E-state index is 13.7. The van der Waals surface area contributed by atoms with Crippen LogP contribution in [0.2, 0.25) is 0 Å². The molecular formula is C22H31FN6O2. The van der Waals surface area contributed by atoms with Gasteiger partial charge in [-0.05, 0) is 54.3 Å². The Morgan fingerprint density at radius 2 is 2.03 bits per heavy atom. The molecule has 1 fully saturated rings. The van der Waals surface area contributed by atoms with Crippen molar-refractivity contribution in [3.63, 3.8) is 0 Å². The number of amides is 2. The molecule has 2 heterocycles. The van der Waals surface area contributed by atoms with Gasteiger partial charge >= 0.3 is 0 Å². The average molecular weight is 431 g/mol. The van der Waals surface area contributed by atoms with Gasteiger partial charge in [-0.1, -0.05) is 31.9 Å². The quantitative estimate of drug-likeness (QED) is 0.617. The maximum absolute atomic E-state index is 13.7. The molecule has 3 rings (SSSR count). The highest BCUT2D eigenvalue weighted by atomic mass is 19.1. The lowest BCUT2D eigenvalue weighted by Gasteiger charge is -2.33. The summed E-state index contributed by atoms with van der Waals surface area (Å²) < 4.78 is 15.2. The fourth-order valence-electron chi connectivity index (χ4n) is 4.00. The number of halogens is 1. The molecule has 1 atom stereocenters. The molecule has 168 valence electrons. The Labute approximate surface area is 182 Å². The molecule has 1 N–H and O–H groups in total. The van der Waals surface area contributed by atoms with Crippen molar-refractivity contribution in [1.82, 2.24) is 30.4 Å². The molecule has 1 unspecified atom stereocenters. The van der Waals surface area contributed by atoms with Crippen LogP contribution in [0.5, 0.6) is 0 Å². The molecule has 0 bridgehead atoms. The highest BCUT2D eigenvalue weighted by molar-refractivity contribution is 5.82. The monoisotopic (exact) mass is 430 g/mol. The van der Waals surface area contributed by atoms with Crippen molar-refractivity contribution in [1.29, 1.82) is 0 Å². The molecule has 31 heavy (non-hydrogen) atoms. The number of likely N-dealkylation sites (tertiary alicyclic amines) is 1. The van der Waals surface area contributed by atoms with E-state index in [0.29, 0.717) is 50.3 Å². The molecule has 9 heteroatoms. The summed E-state index contributed by atoms with van der Waals surface area (Å²) in [6.45, 7) is 5.59. The van der Waals surface area contributed by atoms with E-state index in [-0.39, 0.29) is 23.5 Å². The van der Waals surface area contributed by atoms with E-state index >= 15 is 0 Å². The zero-order valence-corrected chi connectivity index (χ0v) is 18.3. The molecule has 1 aliphatic rings. The van der Waals surface area contributed by atoms with E-state index < -0.39 is 6.04 Å². The number of aryl methyl sites for hydroxylation is 1. The van der Waals surface area contributed by atoms with Crippen LogP contribution in [0.25, 0.3) is 0 Å². The van der Waals surface area contributed by atoms with Crippen LogP contribution in [0.1, 0.15) is 56.5 Å². The second kappa shape index (κ2) is 11.0. The van der Waals surface area contributed by atoms with Gasteiger partial charge in [-0.2, -0.15) is 0 Å². The summed E-state index contributed by atoms with van der Waals surface area (Å²) in [5, 5.41) is 14.6. The third kappa shape index (κ3) is 6.08. The van der Waals surface area contributed by atoms with Crippen LogP contribution in [0.4, 0.5) is 4.39 Å². The second-order valence-corrected chi connectivity index (χ2v) is 8.12. The summed E-state index contributed by atoms with van der Waals surface area (Å²) in [6.07, 6.45) is 4.77. The predicted octanol–water partition coefficient (Wildman–Crippen LogP) is 2.45. The molecule has 1 aliphatic heterocycles. The predicted molar refractivity (Wildman–Crippen MR) is 114 cm³/mol. The van der Waals surface area contributed by atoms with Crippen molar-refractivity contribution in [3.05, 3.63) is 41.5 Å². The number of carbonyl (C=O) groups excluding carboxylic acids is 2. The smallest absolute Gasteiger partial charge is 0.247 e. The van der Waals surface area contributed by atoms with Crippen molar-refractivity contribution in [2.24, 2.45) is 5.92 Å². The molecule has 1 aromatic heterocycles. The Bertz CT molecular complexity index is 878. The Hall–Kier alpha value is -2.84. The molecule has 0 aliphatic carbocycles. The number of aromatic nitrogens is 4. The van der Waals surface area contributed by atoms with Crippen LogP contribution in [0, 0.1) is 18.7 Å². The summed E-state index contributed by atoms with van der Waals surface area (Å²) in [6, 6.07) is 5.56. The van der Waals surface area contributed by atoms with E-state index in [9.17, 15) is 14.0 Å². The van der Waals surface area contributed by atoms with E-state index in [2.05, 4.69) is 27.8 Å². The Morgan fingerprint density at radius 3 is 2.68 bits per heavy atom. The number of tetrazole rings is 1. The van der Waals surface area contributed by atoms with Gasteiger partial charge in [-0.25, -0.2) is 9.07 Å². The van der Waals surface area contributed by atoms with E-state index in [1.54, 1.807) is 24.0 Å². The SMILES string of the molecule is CCCCCNC(=O)C1CCN(C(=O)C(Cc2cccc(F)c2)n2nnnc2C)CC1. The first-order valence-electron chi connectivity index (χ1n) is 11.0. The fourth-order valence-corrected chi connectivity index (χ4v) is 4.00. The highest BCUT2D eigenvalue weighted by Gasteiger charge is 2.33. The van der Waals surface area contributed by atoms with Crippen molar-refractivity contribution in [3.8, 4) is 0 Å². The number of benzene rings is 1. The van der Waals surface area contributed by atoms with Crippen molar-refractivity contribution in [2.45, 2.75) is 58.4 Å². The Balaban J connectivity index is 1.63. The molecule has 0 radical (unpaired) electrons. The number of carbonyl (C=O) groups is 2. The first-order chi connectivity index (χ1) is 15.0. The van der Waals surface area contributed by atoms with Crippen molar-refractivity contribution < 1.29 is 14.0 Å². The van der Waals surface area contributed by atoms with Gasteiger partial charge < -0.3 is 10.2 Å². The van der Waals surface area contributed by atoms with Crippen LogP contribution < -0.4 is 5.32 Å². The lowest BCUT2D eigenvalue weighted by atomic mass is 9.94. The van der Waals surface area contributed by atoms with Gasteiger partial charge in [0.25, 0.3) is 0 Å². The summed E-state index contributed by atoms with van der Waals surface area (Å²) >= 11 is 0. The van der Waals surface area contributed by atoms with Crippen LogP contribution in [-0.2, 0) is 16.0 Å². The molecule has 0 saturated carbocycles. The number of hydrogen-bond donors (Lipinski definition) is 1. The summed E-state index contributed by atoms with van der Waals surface area (Å²) in [5.41, 5.74) is 0.703. The highest BCUT2D eigenvalue weighted by Crippen LogP contribution is 2.23. The Kier molecular flexibility index (Phi) is 8.08. The molecule has 1 saturated heterocycles. The van der Waals surface area contributed by atoms with Crippen LogP contribution in [0.3, 0.4) is 0 Å². The largest absolute Gasteiger partial charge is 0.356 e. The minimum absolute atomic E-state index is 0.0675. The molecular weight excluding hydrogens is 399 g/mol. The number of piperidine rings is 1. The maximum Gasteiger partial charge on any atom is 0.247 e. The fraction of sp³-hybridized carbons (Fsp3) is 0.591. The Morgan fingerprint density at radius 1 is 1.26 bits per heavy atom. The van der Waals surface area contributed by atoms with Gasteiger partial charge in [-0.15, -0.1) is 5.10 Å². The first-order valence-corrected chi connectivity index (χ1v) is 11.0. The lowest BCUT2D eigenvalue weighted by Crippen LogP contribution is -2.46. The molecule has 2 amide bonds. The van der Waals surface area contributed by atoms with E-state index in [4.69, 9.17) is 0 Å². The van der Waals surface area contributed by atoms with Crippen LogP contribution in [0.15, 0.2) is 24.3 Å². The van der Waals surface area contributed by atoms with Gasteiger partial charge in [0.2, 0.25) is 11.8 Å². The van der Waals surface area contributed by atoms with Crippen molar-refractivity contribution in [2.75, 3.05) is 19.6 Å². The number of nitrogens with one attached hydrogen (secondary N) is 1. The zero-order valence-electron chi connectivity index (χ0n) is 18.3. The van der Waals surface area contributed by atoms with Gasteiger partial charge in [0.05, 0.1) is 0 Å². The molecule has 8 nitrogen and oxygen atoms in total. The number of hydrogen-bond acceptors (Lipinski definition) is 5. The number of unbranched alkanes of at least 4 members (excludes halogenated alkanes) is 2. The third-order valence-corrected chi connectivity index (χ3v) is 5.81. The molecule has 1 aromatic carbocycles. The van der Waals surface area contributed by atoms with E-state index in [1.165, 1.54) is 16.8 Å². The second-order valence-electron chi connectivity index (χ2n) is 8.12. The summed E-state index contributed by atoms with van der Waals surface area (Å²) in [5.74, 6) is 0.0819. The zero-order chi connectivity index (χ0) is 22.2. The van der Waals surface area contributed by atoms with Crippen molar-refractivity contribution >= 4 is 11.8 Å². The average Bonchev–Trinajstić information content (AvgIpc) is 3.20. The number of nitrogens with zero attached hydrogens (tertiary/aromatic N) is 5. The first kappa shape index (κ1) is 22.8. The molecule has 0 spiro atoms. The van der Waals surface area contributed by atoms with Gasteiger partial charge in [0.1, 0.15) is 17.7 Å². The third-order valence-electron chi connectivity index (χ3n) is 5.81. The summed E-state index contributed by atoms with van der Waals surface area (Å²) in [7, 11) is 0. The summed E-state index contributed by atoms with van der Waals surface area (Å²) in [4.78, 5) is 27.5. The minimum Gasteiger partial charge on any atom is -0.356 e. The topological polar surface area (TPSA) is 93.0 Å². The van der Waals surface area contributed by atoms with Gasteiger partial charge in [-0.3, -0.25) is 9.59 Å². The van der Waals surface area contributed by atoms with Crippen LogP contribution >= 0.6 is 0 Å². The molecule has 2 aromatic rings. The van der Waals surface area contributed by atoms with Gasteiger partial charge in [0.15, 0.2) is 0 Å². The van der Waals surface area contributed by atoms with E-state index in [0.717, 1.165) is 19.3 Å². The number of rotatable bonds is 9. The van der Waals surface area contributed by atoms with Gasteiger partial charge in [0, 0.05) is 32.0 Å². The lowest BCUT2D eigenvalue weighted by molar-refractivity contribution is -0.138. The standard InChI is InChI=1S/C22H31FN6O2/c1-3-4-5-11-24-21(30)18-9-12-28(13-10-18)22(31)20(29-16(2)25-26-27-29)15-17-7-6-8-19(23)14-17/h6-8,14,18,20H,3-5,9-13,15H2,1-2H3,(H,24,30). The normalized spacial score (nSPS) is 15.6. The van der Waals surface area contributed by atoms with E-state index in [1.807, 2.05) is 0 Å². The van der Waals surface area contributed by atoms with Crippen LogP contribution in [-0.4, -0.2) is 56.6 Å². The minimum atomic E-state index is -0.656.